The zero-order valence-electron chi connectivity index (χ0n) is 11.5. The summed E-state index contributed by atoms with van der Waals surface area (Å²) in [7, 11) is 0. The minimum atomic E-state index is -4.87. The summed E-state index contributed by atoms with van der Waals surface area (Å²) in [6.07, 6.45) is -4.80. The van der Waals surface area contributed by atoms with Crippen molar-refractivity contribution in [3.63, 3.8) is 0 Å². The van der Waals surface area contributed by atoms with Gasteiger partial charge < -0.3 is 4.90 Å². The average molecular weight is 302 g/mol. The second kappa shape index (κ2) is 6.57. The van der Waals surface area contributed by atoms with E-state index in [9.17, 15) is 22.4 Å². The third-order valence-electron chi connectivity index (χ3n) is 2.87. The van der Waals surface area contributed by atoms with E-state index < -0.39 is 23.5 Å². The molecule has 0 N–H and O–H groups in total. The molecule has 0 spiro atoms. The number of hydrogen-bond donors (Lipinski definition) is 0. The van der Waals surface area contributed by atoms with E-state index in [1.165, 1.54) is 4.90 Å². The quantitative estimate of drug-likeness (QED) is 0.797. The van der Waals surface area contributed by atoms with Crippen LogP contribution < -0.4 is 0 Å². The maximum atomic E-state index is 13.2. The zero-order valence-corrected chi connectivity index (χ0v) is 11.5. The summed E-state index contributed by atoms with van der Waals surface area (Å²) >= 11 is 0. The lowest BCUT2D eigenvalue weighted by Crippen LogP contribution is -2.37. The Kier molecular flexibility index (Phi) is 5.30. The molecule has 0 atom stereocenters. The number of benzene rings is 1. The first-order chi connectivity index (χ1) is 9.68. The second-order valence-corrected chi connectivity index (χ2v) is 4.69. The van der Waals surface area contributed by atoms with Crippen molar-refractivity contribution in [2.75, 3.05) is 6.54 Å². The molecular weight excluding hydrogens is 288 g/mol. The molecule has 0 aliphatic carbocycles. The van der Waals surface area contributed by atoms with Gasteiger partial charge in [0.25, 0.3) is 5.91 Å². The molecule has 1 aromatic rings. The summed E-state index contributed by atoms with van der Waals surface area (Å²) in [5, 5.41) is 8.55. The van der Waals surface area contributed by atoms with Gasteiger partial charge in [-0.3, -0.25) is 4.79 Å². The molecule has 1 aromatic carbocycles. The van der Waals surface area contributed by atoms with Crippen molar-refractivity contribution in [2.24, 2.45) is 0 Å². The van der Waals surface area contributed by atoms with Gasteiger partial charge in [0.05, 0.1) is 18.1 Å². The molecule has 0 aliphatic rings. The van der Waals surface area contributed by atoms with E-state index in [2.05, 4.69) is 0 Å². The molecule has 0 bridgehead atoms. The number of amides is 1. The minimum absolute atomic E-state index is 0.0667. The van der Waals surface area contributed by atoms with Crippen molar-refractivity contribution in [3.05, 3.63) is 35.1 Å². The Morgan fingerprint density at radius 3 is 2.48 bits per heavy atom. The van der Waals surface area contributed by atoms with Crippen LogP contribution in [-0.4, -0.2) is 23.4 Å². The molecular formula is C14H14F4N2O. The normalized spacial score (nSPS) is 11.3. The first-order valence-corrected chi connectivity index (χ1v) is 6.23. The topological polar surface area (TPSA) is 44.1 Å². The van der Waals surface area contributed by atoms with Gasteiger partial charge in [-0.2, -0.15) is 18.4 Å². The number of carbonyl (C=O) groups is 1. The lowest BCUT2D eigenvalue weighted by atomic mass is 10.1. The Bertz CT molecular complexity index is 561. The maximum absolute atomic E-state index is 13.2. The first kappa shape index (κ1) is 17.0. The fourth-order valence-corrected chi connectivity index (χ4v) is 1.81. The fraction of sp³-hybridized carbons (Fsp3) is 0.429. The van der Waals surface area contributed by atoms with E-state index in [1.54, 1.807) is 13.8 Å². The van der Waals surface area contributed by atoms with Crippen molar-refractivity contribution in [3.8, 4) is 6.07 Å². The van der Waals surface area contributed by atoms with Gasteiger partial charge in [-0.1, -0.05) is 0 Å². The molecule has 21 heavy (non-hydrogen) atoms. The number of halogens is 4. The van der Waals surface area contributed by atoms with E-state index in [4.69, 9.17) is 5.26 Å². The van der Waals surface area contributed by atoms with Crippen molar-refractivity contribution < 1.29 is 22.4 Å². The van der Waals surface area contributed by atoms with E-state index in [0.717, 1.165) is 6.07 Å². The zero-order chi connectivity index (χ0) is 16.2. The summed E-state index contributed by atoms with van der Waals surface area (Å²) in [5.41, 5.74) is -1.73. The molecule has 114 valence electrons. The maximum Gasteiger partial charge on any atom is 0.419 e. The lowest BCUT2D eigenvalue weighted by molar-refractivity contribution is -0.140. The molecule has 0 aliphatic heterocycles. The second-order valence-electron chi connectivity index (χ2n) is 4.69. The number of alkyl halides is 3. The Balaban J connectivity index is 3.15. The monoisotopic (exact) mass is 302 g/mol. The van der Waals surface area contributed by atoms with Crippen LogP contribution >= 0.6 is 0 Å². The van der Waals surface area contributed by atoms with Gasteiger partial charge in [-0.15, -0.1) is 0 Å². The van der Waals surface area contributed by atoms with E-state index in [1.807, 2.05) is 6.07 Å². The van der Waals surface area contributed by atoms with Gasteiger partial charge in [-0.25, -0.2) is 4.39 Å². The van der Waals surface area contributed by atoms with Crippen molar-refractivity contribution >= 4 is 5.91 Å². The minimum Gasteiger partial charge on any atom is -0.335 e. The molecule has 7 heteroatoms. The Hall–Kier alpha value is -2.10. The molecule has 3 nitrogen and oxygen atoms in total. The van der Waals surface area contributed by atoms with Gasteiger partial charge >= 0.3 is 6.18 Å². The van der Waals surface area contributed by atoms with Crippen LogP contribution in [0.5, 0.6) is 0 Å². The van der Waals surface area contributed by atoms with Crippen LogP contribution in [0.15, 0.2) is 18.2 Å². The number of rotatable bonds is 4. The molecule has 0 saturated carbocycles. The largest absolute Gasteiger partial charge is 0.419 e. The smallest absolute Gasteiger partial charge is 0.335 e. The first-order valence-electron chi connectivity index (χ1n) is 6.23. The Labute approximate surface area is 119 Å². The molecule has 0 saturated heterocycles. The van der Waals surface area contributed by atoms with Crippen LogP contribution in [0, 0.1) is 17.1 Å². The Morgan fingerprint density at radius 2 is 2.00 bits per heavy atom. The third-order valence-corrected chi connectivity index (χ3v) is 2.87. The molecule has 0 aromatic heterocycles. The highest BCUT2D eigenvalue weighted by Gasteiger charge is 2.35. The van der Waals surface area contributed by atoms with Gasteiger partial charge in [0.1, 0.15) is 5.82 Å². The van der Waals surface area contributed by atoms with Gasteiger partial charge in [0, 0.05) is 18.2 Å². The van der Waals surface area contributed by atoms with Crippen LogP contribution in [0.25, 0.3) is 0 Å². The lowest BCUT2D eigenvalue weighted by Gasteiger charge is -2.26. The number of hydrogen-bond acceptors (Lipinski definition) is 2. The highest BCUT2D eigenvalue weighted by Crippen LogP contribution is 2.32. The molecule has 1 rings (SSSR count). The van der Waals surface area contributed by atoms with Gasteiger partial charge in [-0.05, 0) is 32.0 Å². The number of nitriles is 1. The average Bonchev–Trinajstić information content (AvgIpc) is 2.37. The summed E-state index contributed by atoms with van der Waals surface area (Å²) in [6.45, 7) is 3.47. The van der Waals surface area contributed by atoms with Gasteiger partial charge in [0.15, 0.2) is 0 Å². The molecule has 1 amide bonds. The predicted octanol–water partition coefficient (Wildman–Crippen LogP) is 3.61. The van der Waals surface area contributed by atoms with Crippen LogP contribution in [-0.2, 0) is 6.18 Å². The SMILES string of the molecule is CC(C)N(CCC#N)C(=O)c1ccc(F)c(C(F)(F)F)c1. The Morgan fingerprint density at radius 1 is 1.38 bits per heavy atom. The van der Waals surface area contributed by atoms with Crippen LogP contribution in [0.3, 0.4) is 0 Å². The van der Waals surface area contributed by atoms with E-state index in [0.29, 0.717) is 12.1 Å². The molecule has 0 heterocycles. The molecule has 0 fully saturated rings. The molecule has 0 unspecified atom stereocenters. The van der Waals surface area contributed by atoms with Crippen LogP contribution in [0.2, 0.25) is 0 Å². The summed E-state index contributed by atoms with van der Waals surface area (Å²) in [4.78, 5) is 13.5. The fourth-order valence-electron chi connectivity index (χ4n) is 1.81. The highest BCUT2D eigenvalue weighted by atomic mass is 19.4. The summed E-state index contributed by atoms with van der Waals surface area (Å²) in [6, 6.07) is 3.72. The van der Waals surface area contributed by atoms with Crippen LogP contribution in [0.4, 0.5) is 17.6 Å². The summed E-state index contributed by atoms with van der Waals surface area (Å²) < 4.78 is 51.1. The number of carbonyl (C=O) groups excluding carboxylic acids is 1. The van der Waals surface area contributed by atoms with Gasteiger partial charge in [0.2, 0.25) is 0 Å². The van der Waals surface area contributed by atoms with E-state index >= 15 is 0 Å². The highest BCUT2D eigenvalue weighted by molar-refractivity contribution is 5.94. The standard InChI is InChI=1S/C14H14F4N2O/c1-9(2)20(7-3-6-19)13(21)10-4-5-12(15)11(8-10)14(16,17)18/h4-5,8-9H,3,7H2,1-2H3. The predicted molar refractivity (Wildman–Crippen MR) is 67.8 cm³/mol. The van der Waals surface area contributed by atoms with Crippen molar-refractivity contribution in [1.82, 2.24) is 4.90 Å². The van der Waals surface area contributed by atoms with Crippen molar-refractivity contribution in [1.29, 1.82) is 5.26 Å². The molecule has 0 radical (unpaired) electrons. The van der Waals surface area contributed by atoms with E-state index in [-0.39, 0.29) is 24.6 Å². The van der Waals surface area contributed by atoms with Crippen molar-refractivity contribution in [2.45, 2.75) is 32.5 Å². The summed E-state index contributed by atoms with van der Waals surface area (Å²) in [5.74, 6) is -2.09. The van der Waals surface area contributed by atoms with Crippen LogP contribution in [0.1, 0.15) is 36.2 Å². The third kappa shape index (κ3) is 4.18. The number of nitrogens with zero attached hydrogens (tertiary/aromatic N) is 2.